The van der Waals surface area contributed by atoms with Gasteiger partial charge in [0, 0.05) is 0 Å². The van der Waals surface area contributed by atoms with Gasteiger partial charge in [0.25, 0.3) is 0 Å². The second-order valence-electron chi connectivity index (χ2n) is 0.572. The average Bonchev–Trinajstić information content (AvgIpc) is 1.27. The van der Waals surface area contributed by atoms with Crippen LogP contribution in [0.2, 0.25) is 0 Å². The molecular formula is H3Br2O5P. The summed E-state index contributed by atoms with van der Waals surface area (Å²) < 4.78 is 12.8. The van der Waals surface area contributed by atoms with Crippen molar-refractivity contribution in [1.82, 2.24) is 0 Å². The predicted octanol–water partition coefficient (Wildman–Crippen LogP) is 0.694. The SMILES string of the molecule is BrOBr.O=P(O)(O)O. The molecule has 0 aromatic heterocycles. The number of hydrogen-bond acceptors (Lipinski definition) is 2. The Hall–Kier alpha value is 1.03. The van der Waals surface area contributed by atoms with E-state index < -0.39 is 7.82 Å². The third kappa shape index (κ3) is 241. The van der Waals surface area contributed by atoms with E-state index in [9.17, 15) is 0 Å². The van der Waals surface area contributed by atoms with Gasteiger partial charge in [-0.2, -0.15) is 0 Å². The van der Waals surface area contributed by atoms with Crippen LogP contribution in [0.15, 0.2) is 0 Å². The third-order valence-corrected chi connectivity index (χ3v) is 0. The highest BCUT2D eigenvalue weighted by Crippen LogP contribution is 2.25. The van der Waals surface area contributed by atoms with Gasteiger partial charge in [0.1, 0.15) is 32.5 Å². The zero-order valence-corrected chi connectivity index (χ0v) is 7.43. The molecule has 0 bridgehead atoms. The molecule has 5 nitrogen and oxygen atoms in total. The lowest BCUT2D eigenvalue weighted by atomic mass is 15.8. The first-order valence-electron chi connectivity index (χ1n) is 1.09. The number of phosphoric acid groups is 1. The lowest BCUT2D eigenvalue weighted by Gasteiger charge is -1.82. The molecule has 0 unspecified atom stereocenters. The highest BCUT2D eigenvalue weighted by atomic mass is 79.9. The Labute approximate surface area is 62.8 Å². The van der Waals surface area contributed by atoms with Crippen LogP contribution >= 0.6 is 40.3 Å². The Kier molecular flexibility index (Phi) is 9.06. The highest BCUT2D eigenvalue weighted by Gasteiger charge is 2.00. The van der Waals surface area contributed by atoms with Crippen molar-refractivity contribution in [3.63, 3.8) is 0 Å². The van der Waals surface area contributed by atoms with Crippen LogP contribution in [0.3, 0.4) is 0 Å². The van der Waals surface area contributed by atoms with E-state index in [1.165, 1.54) is 0 Å². The van der Waals surface area contributed by atoms with Crippen LogP contribution in [0, 0.1) is 0 Å². The maximum atomic E-state index is 8.88. The third-order valence-electron chi connectivity index (χ3n) is 0. The topological polar surface area (TPSA) is 87.0 Å². The summed E-state index contributed by atoms with van der Waals surface area (Å²) in [5.74, 6) is 0. The fourth-order valence-electron chi connectivity index (χ4n) is 0. The van der Waals surface area contributed by atoms with Crippen molar-refractivity contribution < 1.29 is 22.2 Å². The number of hydrogen-bond donors (Lipinski definition) is 3. The molecule has 0 aliphatic rings. The Morgan fingerprint density at radius 2 is 1.25 bits per heavy atom. The molecule has 0 atom stereocenters. The van der Waals surface area contributed by atoms with Gasteiger partial charge >= 0.3 is 7.82 Å². The van der Waals surface area contributed by atoms with Crippen LogP contribution < -0.4 is 0 Å². The van der Waals surface area contributed by atoms with E-state index >= 15 is 0 Å². The summed E-state index contributed by atoms with van der Waals surface area (Å²) in [4.78, 5) is 21.6. The molecule has 0 saturated heterocycles. The van der Waals surface area contributed by atoms with Crippen molar-refractivity contribution in [3.05, 3.63) is 0 Å². The van der Waals surface area contributed by atoms with Gasteiger partial charge in [-0.1, -0.05) is 0 Å². The summed E-state index contributed by atoms with van der Waals surface area (Å²) in [5.41, 5.74) is 0. The molecule has 3 N–H and O–H groups in total. The Morgan fingerprint density at radius 3 is 1.25 bits per heavy atom. The first-order chi connectivity index (χ1) is 3.41. The molecule has 0 rings (SSSR count). The zero-order chi connectivity index (χ0) is 7.21. The maximum absolute atomic E-state index is 8.88. The van der Waals surface area contributed by atoms with Crippen molar-refractivity contribution in [3.8, 4) is 0 Å². The van der Waals surface area contributed by atoms with E-state index in [4.69, 9.17) is 19.2 Å². The fourth-order valence-corrected chi connectivity index (χ4v) is 0. The van der Waals surface area contributed by atoms with E-state index in [2.05, 4.69) is 35.4 Å². The van der Waals surface area contributed by atoms with Crippen molar-refractivity contribution >= 4 is 40.3 Å². The van der Waals surface area contributed by atoms with Crippen LogP contribution in [0.25, 0.3) is 0 Å². The van der Waals surface area contributed by atoms with Crippen LogP contribution in [-0.2, 0) is 7.48 Å². The Balaban J connectivity index is 0. The van der Waals surface area contributed by atoms with E-state index in [0.717, 1.165) is 0 Å². The molecule has 52 valence electrons. The summed E-state index contributed by atoms with van der Waals surface area (Å²) >= 11 is 5.12. The van der Waals surface area contributed by atoms with Crippen molar-refractivity contribution in [1.29, 1.82) is 0 Å². The van der Waals surface area contributed by atoms with E-state index in [0.29, 0.717) is 0 Å². The molecule has 8 heavy (non-hydrogen) atoms. The molecule has 0 aromatic rings. The van der Waals surface area contributed by atoms with Crippen LogP contribution in [0.5, 0.6) is 0 Å². The van der Waals surface area contributed by atoms with Gasteiger partial charge in [0.15, 0.2) is 0 Å². The van der Waals surface area contributed by atoms with E-state index in [1.807, 2.05) is 0 Å². The highest BCUT2D eigenvalue weighted by molar-refractivity contribution is 9.18. The molecular weight excluding hydrogens is 271 g/mol. The van der Waals surface area contributed by atoms with Crippen LogP contribution in [0.4, 0.5) is 0 Å². The lowest BCUT2D eigenvalue weighted by molar-refractivity contribution is 0.275. The minimum atomic E-state index is -4.64. The molecule has 0 spiro atoms. The van der Waals surface area contributed by atoms with Gasteiger partial charge < -0.3 is 14.7 Å². The summed E-state index contributed by atoms with van der Waals surface area (Å²) in [7, 11) is -4.64. The molecule has 0 aliphatic heterocycles. The monoisotopic (exact) mass is 272 g/mol. The molecule has 0 radical (unpaired) electrons. The molecule has 0 aliphatic carbocycles. The largest absolute Gasteiger partial charge is 0.466 e. The second-order valence-corrected chi connectivity index (χ2v) is 3.11. The lowest BCUT2D eigenvalue weighted by Crippen LogP contribution is -1.66. The summed E-state index contributed by atoms with van der Waals surface area (Å²) in [6, 6.07) is 0. The number of halogens is 2. The normalized spacial score (nSPS) is 9.62. The molecule has 0 amide bonds. The van der Waals surface area contributed by atoms with E-state index in [-0.39, 0.29) is 0 Å². The van der Waals surface area contributed by atoms with Gasteiger partial charge in [-0.15, -0.1) is 0 Å². The Morgan fingerprint density at radius 1 is 1.25 bits per heavy atom. The van der Waals surface area contributed by atoms with Gasteiger partial charge in [-0.3, -0.25) is 0 Å². The predicted molar refractivity (Wildman–Crippen MR) is 33.2 cm³/mol. The van der Waals surface area contributed by atoms with Crippen molar-refractivity contribution in [2.75, 3.05) is 0 Å². The molecule has 0 fully saturated rings. The minimum Gasteiger partial charge on any atom is -0.303 e. The summed E-state index contributed by atoms with van der Waals surface area (Å²) in [6.07, 6.45) is 0. The summed E-state index contributed by atoms with van der Waals surface area (Å²) in [6.45, 7) is 0. The number of rotatable bonds is 0. The van der Waals surface area contributed by atoms with Gasteiger partial charge in [0.05, 0.1) is 0 Å². The van der Waals surface area contributed by atoms with Crippen LogP contribution in [0.1, 0.15) is 0 Å². The Bertz CT molecular complexity index is 66.2. The first kappa shape index (κ1) is 11.8. The molecule has 8 heteroatoms. The maximum Gasteiger partial charge on any atom is 0.466 e. The molecule has 0 heterocycles. The summed E-state index contributed by atoms with van der Waals surface area (Å²) in [5, 5.41) is 0. The van der Waals surface area contributed by atoms with Gasteiger partial charge in [-0.05, 0) is 0 Å². The fraction of sp³-hybridized carbons (Fsp3) is 0. The first-order valence-corrected chi connectivity index (χ1v) is 3.95. The quantitative estimate of drug-likeness (QED) is 0.566. The zero-order valence-electron chi connectivity index (χ0n) is 3.36. The van der Waals surface area contributed by atoms with Crippen molar-refractivity contribution in [2.45, 2.75) is 0 Å². The van der Waals surface area contributed by atoms with E-state index in [1.54, 1.807) is 0 Å². The smallest absolute Gasteiger partial charge is 0.303 e. The van der Waals surface area contributed by atoms with Gasteiger partial charge in [0.2, 0.25) is 0 Å². The van der Waals surface area contributed by atoms with Crippen molar-refractivity contribution in [2.24, 2.45) is 0 Å². The van der Waals surface area contributed by atoms with Gasteiger partial charge in [-0.25, -0.2) is 7.48 Å². The molecule has 0 saturated carbocycles. The molecule has 0 aromatic carbocycles. The second kappa shape index (κ2) is 6.15. The average molecular weight is 274 g/mol. The standard InChI is InChI=1S/Br2O.H3O4P/c1-3-2;1-5(2,3)4/h;(H3,1,2,3,4). The minimum absolute atomic E-state index is 2.56. The van der Waals surface area contributed by atoms with Crippen LogP contribution in [-0.4, -0.2) is 14.7 Å².